The summed E-state index contributed by atoms with van der Waals surface area (Å²) in [5.41, 5.74) is 0.0966. The van der Waals surface area contributed by atoms with Crippen LogP contribution in [-0.2, 0) is 9.05 Å². The summed E-state index contributed by atoms with van der Waals surface area (Å²) in [4.78, 5) is 16.1. The fraction of sp³-hybridized carbons (Fsp3) is 0.0667. The van der Waals surface area contributed by atoms with E-state index in [0.717, 1.165) is 12.3 Å². The summed E-state index contributed by atoms with van der Waals surface area (Å²) in [5, 5.41) is 0. The highest BCUT2D eigenvalue weighted by atomic mass is 79.9. The fourth-order valence-corrected chi connectivity index (χ4v) is 3.45. The minimum Gasteiger partial charge on any atom is -0.495 e. The first-order chi connectivity index (χ1) is 11.7. The lowest BCUT2D eigenvalue weighted by Crippen LogP contribution is -2.19. The third kappa shape index (κ3) is 3.26. The van der Waals surface area contributed by atoms with Crippen LogP contribution in [0.1, 0.15) is 0 Å². The molecule has 0 aliphatic carbocycles. The van der Waals surface area contributed by atoms with Gasteiger partial charge >= 0.3 is 0 Å². The number of ether oxygens (including phenoxy) is 1. The van der Waals surface area contributed by atoms with Crippen LogP contribution in [0.25, 0.3) is 16.7 Å². The van der Waals surface area contributed by atoms with E-state index < -0.39 is 20.4 Å². The highest BCUT2D eigenvalue weighted by molar-refractivity contribution is 9.10. The van der Waals surface area contributed by atoms with Crippen molar-refractivity contribution in [3.8, 4) is 11.4 Å². The van der Waals surface area contributed by atoms with Crippen LogP contribution in [0, 0.1) is 5.82 Å². The van der Waals surface area contributed by atoms with Gasteiger partial charge in [-0.3, -0.25) is 9.36 Å². The normalized spacial score (nSPS) is 11.7. The molecule has 2 aromatic carbocycles. The van der Waals surface area contributed by atoms with E-state index in [0.29, 0.717) is 0 Å². The van der Waals surface area contributed by atoms with Crippen LogP contribution in [0.3, 0.4) is 0 Å². The van der Waals surface area contributed by atoms with Crippen LogP contribution < -0.4 is 10.3 Å². The van der Waals surface area contributed by atoms with E-state index >= 15 is 0 Å². The van der Waals surface area contributed by atoms with Crippen molar-refractivity contribution in [2.75, 3.05) is 7.11 Å². The zero-order chi connectivity index (χ0) is 18.4. The smallest absolute Gasteiger partial charge is 0.274 e. The summed E-state index contributed by atoms with van der Waals surface area (Å²) in [7, 11) is 2.77. The minimum atomic E-state index is -3.95. The zero-order valence-corrected chi connectivity index (χ0v) is 15.7. The molecule has 1 aromatic heterocycles. The molecule has 3 rings (SSSR count). The molecule has 0 spiro atoms. The first-order valence-corrected chi connectivity index (χ1v) is 9.82. The van der Waals surface area contributed by atoms with Crippen LogP contribution in [0.4, 0.5) is 4.39 Å². The maximum atomic E-state index is 14.0. The van der Waals surface area contributed by atoms with Crippen molar-refractivity contribution in [2.24, 2.45) is 0 Å². The molecule has 0 radical (unpaired) electrons. The summed E-state index contributed by atoms with van der Waals surface area (Å²) in [6, 6.07) is 6.37. The van der Waals surface area contributed by atoms with Gasteiger partial charge in [0.05, 0.1) is 39.4 Å². The number of halogens is 3. The van der Waals surface area contributed by atoms with E-state index in [4.69, 9.17) is 15.4 Å². The number of hydrogen-bond acceptors (Lipinski definition) is 5. The SMILES string of the molecule is COc1cc(Br)c(F)cc1-n1c(=O)cnc2cc(S(=O)(=O)Cl)ccc21. The van der Waals surface area contributed by atoms with Crippen LogP contribution in [0.15, 0.2) is 50.7 Å². The van der Waals surface area contributed by atoms with E-state index in [9.17, 15) is 17.6 Å². The van der Waals surface area contributed by atoms with Crippen LogP contribution >= 0.6 is 26.6 Å². The Hall–Kier alpha value is -1.97. The van der Waals surface area contributed by atoms with E-state index in [2.05, 4.69) is 20.9 Å². The topological polar surface area (TPSA) is 78.3 Å². The van der Waals surface area contributed by atoms with E-state index in [1.165, 1.54) is 35.9 Å². The lowest BCUT2D eigenvalue weighted by molar-refractivity contribution is 0.411. The third-order valence-electron chi connectivity index (χ3n) is 3.47. The summed E-state index contributed by atoms with van der Waals surface area (Å²) < 4.78 is 43.5. The largest absolute Gasteiger partial charge is 0.495 e. The average molecular weight is 448 g/mol. The molecular weight excluding hydrogens is 439 g/mol. The quantitative estimate of drug-likeness (QED) is 0.576. The second-order valence-corrected chi connectivity index (χ2v) is 8.38. The molecule has 0 saturated heterocycles. The molecular formula is C15H9BrClFN2O4S. The second-order valence-electron chi connectivity index (χ2n) is 4.96. The third-order valence-corrected chi connectivity index (χ3v) is 5.43. The molecule has 1 heterocycles. The Morgan fingerprint density at radius 2 is 2.00 bits per heavy atom. The number of rotatable bonds is 3. The molecule has 3 aromatic rings. The maximum Gasteiger partial charge on any atom is 0.274 e. The molecule has 0 unspecified atom stereocenters. The van der Waals surface area contributed by atoms with Gasteiger partial charge in [-0.1, -0.05) is 0 Å². The lowest BCUT2D eigenvalue weighted by atomic mass is 10.2. The summed E-state index contributed by atoms with van der Waals surface area (Å²) in [6.45, 7) is 0. The average Bonchev–Trinajstić information content (AvgIpc) is 2.56. The molecule has 0 fully saturated rings. The van der Waals surface area contributed by atoms with Gasteiger partial charge in [-0.15, -0.1) is 0 Å². The van der Waals surface area contributed by atoms with Crippen LogP contribution in [0.5, 0.6) is 5.75 Å². The molecule has 25 heavy (non-hydrogen) atoms. The predicted molar refractivity (Wildman–Crippen MR) is 94.6 cm³/mol. The van der Waals surface area contributed by atoms with Gasteiger partial charge in [0, 0.05) is 16.7 Å². The van der Waals surface area contributed by atoms with Crippen molar-refractivity contribution in [3.63, 3.8) is 0 Å². The molecule has 0 amide bonds. The first kappa shape index (κ1) is 17.8. The van der Waals surface area contributed by atoms with E-state index in [-0.39, 0.29) is 31.8 Å². The van der Waals surface area contributed by atoms with Crippen molar-refractivity contribution in [3.05, 3.63) is 57.2 Å². The highest BCUT2D eigenvalue weighted by Gasteiger charge is 2.17. The van der Waals surface area contributed by atoms with Crippen LogP contribution in [0.2, 0.25) is 0 Å². The lowest BCUT2D eigenvalue weighted by Gasteiger charge is -2.14. The Balaban J connectivity index is 2.39. The number of aromatic nitrogens is 2. The molecule has 130 valence electrons. The first-order valence-electron chi connectivity index (χ1n) is 6.72. The van der Waals surface area contributed by atoms with Gasteiger partial charge in [0.2, 0.25) is 0 Å². The Bertz CT molecular complexity index is 1160. The van der Waals surface area contributed by atoms with Gasteiger partial charge in [0.25, 0.3) is 14.6 Å². The monoisotopic (exact) mass is 446 g/mol. The number of fused-ring (bicyclic) bond motifs is 1. The standard InChI is InChI=1S/C15H9BrClFN2O4S/c1-24-14-5-9(16)10(18)6-13(14)20-12-3-2-8(25(17,22)23)4-11(12)19-7-15(20)21/h2-7H,1H3. The minimum absolute atomic E-state index is 0.155. The summed E-state index contributed by atoms with van der Waals surface area (Å²) >= 11 is 3.06. The molecule has 0 N–H and O–H groups in total. The van der Waals surface area contributed by atoms with Crippen molar-refractivity contribution >= 4 is 46.7 Å². The van der Waals surface area contributed by atoms with Gasteiger partial charge in [-0.25, -0.2) is 17.8 Å². The number of hydrogen-bond donors (Lipinski definition) is 0. The summed E-state index contributed by atoms with van der Waals surface area (Å²) in [5.74, 6) is -0.343. The highest BCUT2D eigenvalue weighted by Crippen LogP contribution is 2.30. The van der Waals surface area contributed by atoms with Crippen molar-refractivity contribution in [1.29, 1.82) is 0 Å². The summed E-state index contributed by atoms with van der Waals surface area (Å²) in [6.07, 6.45) is 1.01. The van der Waals surface area contributed by atoms with Crippen LogP contribution in [-0.4, -0.2) is 25.1 Å². The molecule has 6 nitrogen and oxygen atoms in total. The predicted octanol–water partition coefficient (Wildman–Crippen LogP) is 3.22. The Morgan fingerprint density at radius 3 is 2.64 bits per heavy atom. The second kappa shape index (κ2) is 6.40. The van der Waals surface area contributed by atoms with Crippen molar-refractivity contribution in [2.45, 2.75) is 4.90 Å². The Labute approximate surface area is 154 Å². The molecule has 0 bridgehead atoms. The fourth-order valence-electron chi connectivity index (χ4n) is 2.35. The van der Waals surface area contributed by atoms with Gasteiger partial charge in [0.15, 0.2) is 0 Å². The molecule has 0 aliphatic rings. The van der Waals surface area contributed by atoms with Gasteiger partial charge in [-0.2, -0.15) is 0 Å². The van der Waals surface area contributed by atoms with E-state index in [1.54, 1.807) is 0 Å². The molecule has 10 heteroatoms. The Morgan fingerprint density at radius 1 is 1.28 bits per heavy atom. The molecule has 0 saturated carbocycles. The molecule has 0 atom stereocenters. The molecule has 0 aliphatic heterocycles. The van der Waals surface area contributed by atoms with Gasteiger partial charge in [-0.05, 0) is 40.2 Å². The van der Waals surface area contributed by atoms with Crippen molar-refractivity contribution in [1.82, 2.24) is 9.55 Å². The van der Waals surface area contributed by atoms with E-state index in [1.807, 2.05) is 0 Å². The number of methoxy groups -OCH3 is 1. The van der Waals surface area contributed by atoms with Gasteiger partial charge < -0.3 is 4.74 Å². The number of benzene rings is 2. The maximum absolute atomic E-state index is 14.0. The zero-order valence-electron chi connectivity index (χ0n) is 12.5. The Kier molecular flexibility index (Phi) is 4.56. The van der Waals surface area contributed by atoms with Gasteiger partial charge in [0.1, 0.15) is 11.6 Å². The van der Waals surface area contributed by atoms with Crippen molar-refractivity contribution < 1.29 is 17.5 Å². The number of nitrogens with zero attached hydrogens (tertiary/aromatic N) is 2.